The van der Waals surface area contributed by atoms with Crippen LogP contribution in [0.2, 0.25) is 5.02 Å². The number of nitrogens with zero attached hydrogens (tertiary/aromatic N) is 2. The smallest absolute Gasteiger partial charge is 0.358 e. The van der Waals surface area contributed by atoms with Crippen molar-refractivity contribution in [2.45, 2.75) is 26.7 Å². The van der Waals surface area contributed by atoms with E-state index in [2.05, 4.69) is 5.10 Å². The zero-order valence-electron chi connectivity index (χ0n) is 12.1. The van der Waals surface area contributed by atoms with E-state index in [0.717, 1.165) is 11.4 Å². The Labute approximate surface area is 128 Å². The fraction of sp³-hybridized carbons (Fsp3) is 0.333. The Morgan fingerprint density at radius 3 is 2.48 bits per heavy atom. The van der Waals surface area contributed by atoms with Gasteiger partial charge in [-0.15, -0.1) is 0 Å². The number of carboxylic acid groups (broad SMARTS) is 1. The standard InChI is InChI=1S/C15H17ClN2O3/c1-4-21-11-7-5-10(6-8-11)18-14(9(2)3)12(16)13(17-18)15(19)20/h5-9H,4H2,1-3H3,(H,19,20). The highest BCUT2D eigenvalue weighted by atomic mass is 35.5. The topological polar surface area (TPSA) is 64.4 Å². The summed E-state index contributed by atoms with van der Waals surface area (Å²) in [6.45, 7) is 6.39. The molecule has 0 aliphatic rings. The van der Waals surface area contributed by atoms with Gasteiger partial charge in [0.2, 0.25) is 0 Å². The highest BCUT2D eigenvalue weighted by molar-refractivity contribution is 6.34. The molecule has 0 atom stereocenters. The van der Waals surface area contributed by atoms with Crippen LogP contribution in [0.5, 0.6) is 5.75 Å². The summed E-state index contributed by atoms with van der Waals surface area (Å²) in [5.41, 5.74) is 1.30. The van der Waals surface area contributed by atoms with Gasteiger partial charge in [0, 0.05) is 0 Å². The van der Waals surface area contributed by atoms with Gasteiger partial charge in [-0.1, -0.05) is 25.4 Å². The summed E-state index contributed by atoms with van der Waals surface area (Å²) in [5.74, 6) is -0.333. The van der Waals surface area contributed by atoms with Gasteiger partial charge in [-0.25, -0.2) is 9.48 Å². The second-order valence-corrected chi connectivity index (χ2v) is 5.22. The normalized spacial score (nSPS) is 10.9. The van der Waals surface area contributed by atoms with Gasteiger partial charge >= 0.3 is 5.97 Å². The predicted octanol–water partition coefficient (Wildman–Crippen LogP) is 3.75. The summed E-state index contributed by atoms with van der Waals surface area (Å²) in [6.07, 6.45) is 0. The average Bonchev–Trinajstić information content (AvgIpc) is 2.78. The molecule has 0 saturated heterocycles. The number of aromatic carboxylic acids is 1. The van der Waals surface area contributed by atoms with E-state index in [9.17, 15) is 4.79 Å². The molecular formula is C15H17ClN2O3. The van der Waals surface area contributed by atoms with Crippen LogP contribution in [-0.4, -0.2) is 27.5 Å². The van der Waals surface area contributed by atoms with Gasteiger partial charge < -0.3 is 9.84 Å². The number of hydrogen-bond donors (Lipinski definition) is 1. The lowest BCUT2D eigenvalue weighted by atomic mass is 10.1. The quantitative estimate of drug-likeness (QED) is 0.913. The molecule has 1 aromatic carbocycles. The summed E-state index contributed by atoms with van der Waals surface area (Å²) in [6, 6.07) is 7.29. The van der Waals surface area contributed by atoms with E-state index in [1.807, 2.05) is 45.0 Å². The minimum atomic E-state index is -1.13. The number of carbonyl (C=O) groups is 1. The molecule has 0 unspecified atom stereocenters. The molecular weight excluding hydrogens is 292 g/mol. The molecule has 2 aromatic rings. The number of halogens is 1. The molecule has 0 spiro atoms. The molecule has 21 heavy (non-hydrogen) atoms. The fourth-order valence-electron chi connectivity index (χ4n) is 2.09. The van der Waals surface area contributed by atoms with Gasteiger partial charge in [0.25, 0.3) is 0 Å². The number of hydrogen-bond acceptors (Lipinski definition) is 3. The summed E-state index contributed by atoms with van der Waals surface area (Å²) < 4.78 is 6.97. The zero-order chi connectivity index (χ0) is 15.6. The molecule has 0 fully saturated rings. The van der Waals surface area contributed by atoms with E-state index >= 15 is 0 Å². The lowest BCUT2D eigenvalue weighted by Gasteiger charge is -2.11. The van der Waals surface area contributed by atoms with Gasteiger partial charge in [-0.2, -0.15) is 5.10 Å². The van der Waals surface area contributed by atoms with Crippen LogP contribution in [0.1, 0.15) is 42.9 Å². The third-order valence-electron chi connectivity index (χ3n) is 3.00. The van der Waals surface area contributed by atoms with Crippen molar-refractivity contribution in [2.75, 3.05) is 6.61 Å². The Morgan fingerprint density at radius 2 is 2.00 bits per heavy atom. The fourth-order valence-corrected chi connectivity index (χ4v) is 2.51. The minimum Gasteiger partial charge on any atom is -0.494 e. The Kier molecular flexibility index (Phi) is 4.53. The molecule has 112 valence electrons. The lowest BCUT2D eigenvalue weighted by molar-refractivity contribution is 0.0690. The van der Waals surface area contributed by atoms with Crippen LogP contribution in [0, 0.1) is 0 Å². The van der Waals surface area contributed by atoms with Gasteiger partial charge in [-0.05, 0) is 37.1 Å². The molecule has 0 amide bonds. The van der Waals surface area contributed by atoms with Crippen LogP contribution >= 0.6 is 11.6 Å². The minimum absolute atomic E-state index is 0.0460. The molecule has 0 radical (unpaired) electrons. The zero-order valence-corrected chi connectivity index (χ0v) is 12.9. The molecule has 0 aliphatic heterocycles. The van der Waals surface area contributed by atoms with Crippen LogP contribution in [0.15, 0.2) is 24.3 Å². The number of benzene rings is 1. The Balaban J connectivity index is 2.52. The largest absolute Gasteiger partial charge is 0.494 e. The van der Waals surface area contributed by atoms with Crippen LogP contribution in [-0.2, 0) is 0 Å². The van der Waals surface area contributed by atoms with Gasteiger partial charge in [-0.3, -0.25) is 0 Å². The van der Waals surface area contributed by atoms with E-state index in [4.69, 9.17) is 21.4 Å². The highest BCUT2D eigenvalue weighted by Gasteiger charge is 2.23. The summed E-state index contributed by atoms with van der Waals surface area (Å²) in [7, 11) is 0. The second-order valence-electron chi connectivity index (χ2n) is 4.85. The number of aromatic nitrogens is 2. The van der Waals surface area contributed by atoms with E-state index in [1.165, 1.54) is 0 Å². The van der Waals surface area contributed by atoms with E-state index in [1.54, 1.807) is 4.68 Å². The third-order valence-corrected chi connectivity index (χ3v) is 3.38. The van der Waals surface area contributed by atoms with Crippen LogP contribution < -0.4 is 4.74 Å². The maximum absolute atomic E-state index is 11.2. The predicted molar refractivity (Wildman–Crippen MR) is 80.8 cm³/mol. The number of carboxylic acids is 1. The first-order valence-corrected chi connectivity index (χ1v) is 7.08. The van der Waals surface area contributed by atoms with Crippen molar-refractivity contribution in [1.82, 2.24) is 9.78 Å². The molecule has 0 saturated carbocycles. The molecule has 5 nitrogen and oxygen atoms in total. The second kappa shape index (κ2) is 6.18. The highest BCUT2D eigenvalue weighted by Crippen LogP contribution is 2.30. The molecule has 1 N–H and O–H groups in total. The van der Waals surface area contributed by atoms with E-state index < -0.39 is 5.97 Å². The Bertz CT molecular complexity index is 648. The van der Waals surface area contributed by atoms with Crippen molar-refractivity contribution in [3.8, 4) is 11.4 Å². The molecule has 1 heterocycles. The van der Waals surface area contributed by atoms with Crippen molar-refractivity contribution < 1.29 is 14.6 Å². The van der Waals surface area contributed by atoms with Crippen LogP contribution in [0.3, 0.4) is 0 Å². The van der Waals surface area contributed by atoms with Gasteiger partial charge in [0.15, 0.2) is 5.69 Å². The van der Waals surface area contributed by atoms with Crippen molar-refractivity contribution >= 4 is 17.6 Å². The Morgan fingerprint density at radius 1 is 1.38 bits per heavy atom. The van der Waals surface area contributed by atoms with Gasteiger partial charge in [0.05, 0.1) is 23.0 Å². The maximum atomic E-state index is 11.2. The summed E-state index contributed by atoms with van der Waals surface area (Å²) in [5, 5.41) is 13.5. The first-order chi connectivity index (χ1) is 9.95. The maximum Gasteiger partial charge on any atom is 0.358 e. The monoisotopic (exact) mass is 308 g/mol. The third kappa shape index (κ3) is 3.03. The molecule has 2 rings (SSSR count). The first kappa shape index (κ1) is 15.4. The molecule has 0 aliphatic carbocycles. The number of ether oxygens (including phenoxy) is 1. The first-order valence-electron chi connectivity index (χ1n) is 6.70. The van der Waals surface area contributed by atoms with Gasteiger partial charge in [0.1, 0.15) is 5.75 Å². The van der Waals surface area contributed by atoms with Crippen molar-refractivity contribution in [2.24, 2.45) is 0 Å². The van der Waals surface area contributed by atoms with Crippen LogP contribution in [0.25, 0.3) is 5.69 Å². The van der Waals surface area contributed by atoms with Crippen molar-refractivity contribution in [3.63, 3.8) is 0 Å². The van der Waals surface area contributed by atoms with Crippen molar-refractivity contribution in [3.05, 3.63) is 40.7 Å². The summed E-state index contributed by atoms with van der Waals surface area (Å²) in [4.78, 5) is 11.2. The average molecular weight is 309 g/mol. The molecule has 1 aromatic heterocycles. The Hall–Kier alpha value is -2.01. The lowest BCUT2D eigenvalue weighted by Crippen LogP contribution is -2.05. The molecule has 6 heteroatoms. The summed E-state index contributed by atoms with van der Waals surface area (Å²) >= 11 is 6.16. The van der Waals surface area contributed by atoms with E-state index in [0.29, 0.717) is 12.3 Å². The number of rotatable bonds is 5. The van der Waals surface area contributed by atoms with Crippen molar-refractivity contribution in [1.29, 1.82) is 0 Å². The molecule has 0 bridgehead atoms. The van der Waals surface area contributed by atoms with E-state index in [-0.39, 0.29) is 16.6 Å². The SMILES string of the molecule is CCOc1ccc(-n2nc(C(=O)O)c(Cl)c2C(C)C)cc1. The van der Waals surface area contributed by atoms with Crippen LogP contribution in [0.4, 0.5) is 0 Å².